The molecule has 1 spiro atoms. The molecule has 0 nitrogen and oxygen atoms in total. The van der Waals surface area contributed by atoms with E-state index >= 15 is 0 Å². The van der Waals surface area contributed by atoms with Crippen molar-refractivity contribution in [2.75, 3.05) is 0 Å². The molecular formula is C52H40. The average molecular weight is 665 g/mol. The number of rotatable bonds is 3. The molecule has 0 aromatic heterocycles. The zero-order valence-electron chi connectivity index (χ0n) is 29.4. The number of benzene rings is 8. The first kappa shape index (κ1) is 29.2. The molecule has 0 saturated heterocycles. The second kappa shape index (κ2) is 10.8. The highest BCUT2D eigenvalue weighted by molar-refractivity contribution is 6.24. The van der Waals surface area contributed by atoms with E-state index in [1.165, 1.54) is 109 Å². The Balaban J connectivity index is 1.08. The lowest BCUT2D eigenvalue weighted by molar-refractivity contribution is -0.0399. The summed E-state index contributed by atoms with van der Waals surface area (Å²) in [6, 6.07) is 60.0. The van der Waals surface area contributed by atoms with Crippen LogP contribution in [0.3, 0.4) is 0 Å². The maximum atomic E-state index is 2.65. The highest BCUT2D eigenvalue weighted by atomic mass is 14.6. The number of fused-ring (bicyclic) bond motifs is 6. The van der Waals surface area contributed by atoms with Crippen molar-refractivity contribution in [2.24, 2.45) is 23.7 Å². The Morgan fingerprint density at radius 2 is 0.808 bits per heavy atom. The zero-order valence-corrected chi connectivity index (χ0v) is 29.4. The van der Waals surface area contributed by atoms with Crippen LogP contribution in [0.4, 0.5) is 0 Å². The summed E-state index contributed by atoms with van der Waals surface area (Å²) in [5.41, 5.74) is 14.3. The molecular weight excluding hydrogens is 625 g/mol. The highest BCUT2D eigenvalue weighted by Crippen LogP contribution is 2.69. The molecule has 248 valence electrons. The van der Waals surface area contributed by atoms with Crippen LogP contribution in [0.15, 0.2) is 158 Å². The lowest BCUT2D eigenvalue weighted by Crippen LogP contribution is -2.55. The van der Waals surface area contributed by atoms with Crippen LogP contribution >= 0.6 is 0 Å². The topological polar surface area (TPSA) is 0 Å². The monoisotopic (exact) mass is 664 g/mol. The average Bonchev–Trinajstić information content (AvgIpc) is 3.49. The maximum Gasteiger partial charge on any atom is 0.0272 e. The van der Waals surface area contributed by atoms with E-state index in [2.05, 4.69) is 158 Å². The first-order chi connectivity index (χ1) is 25.8. The van der Waals surface area contributed by atoms with Gasteiger partial charge < -0.3 is 0 Å². The highest BCUT2D eigenvalue weighted by Gasteiger charge is 2.61. The van der Waals surface area contributed by atoms with Crippen molar-refractivity contribution >= 4 is 32.3 Å². The first-order valence-electron chi connectivity index (χ1n) is 19.5. The van der Waals surface area contributed by atoms with Crippen molar-refractivity contribution < 1.29 is 0 Å². The van der Waals surface area contributed by atoms with Gasteiger partial charge in [0.2, 0.25) is 0 Å². The normalized spacial score (nSPS) is 23.8. The SMILES string of the molecule is c1ccc(-c2c3ccccc3c(-c3ccc(-c4ccc5c(c4)C4(c6ccccc6-5)C5CC6CC(C5)CC4C6)c4ccccc34)c3ccccc23)cc1. The zero-order chi connectivity index (χ0) is 34.0. The van der Waals surface area contributed by atoms with Gasteiger partial charge in [-0.25, -0.2) is 0 Å². The Morgan fingerprint density at radius 1 is 0.327 bits per heavy atom. The van der Waals surface area contributed by atoms with Gasteiger partial charge in [0, 0.05) is 5.41 Å². The molecule has 0 radical (unpaired) electrons. The predicted octanol–water partition coefficient (Wildman–Crippen LogP) is 13.9. The third-order valence-electron chi connectivity index (χ3n) is 14.1. The molecule has 4 saturated carbocycles. The fourth-order valence-corrected chi connectivity index (χ4v) is 12.4. The van der Waals surface area contributed by atoms with Crippen molar-refractivity contribution in [3.63, 3.8) is 0 Å². The smallest absolute Gasteiger partial charge is 0.0272 e. The van der Waals surface area contributed by atoms with Crippen LogP contribution in [0.25, 0.3) is 76.8 Å². The molecule has 4 bridgehead atoms. The minimum absolute atomic E-state index is 0.170. The summed E-state index contributed by atoms with van der Waals surface area (Å²) in [7, 11) is 0. The lowest BCUT2D eigenvalue weighted by atomic mass is 9.43. The van der Waals surface area contributed by atoms with Gasteiger partial charge >= 0.3 is 0 Å². The van der Waals surface area contributed by atoms with E-state index < -0.39 is 0 Å². The van der Waals surface area contributed by atoms with Crippen molar-refractivity contribution in [1.29, 1.82) is 0 Å². The molecule has 0 aliphatic heterocycles. The van der Waals surface area contributed by atoms with Gasteiger partial charge in [0.1, 0.15) is 0 Å². The largest absolute Gasteiger partial charge is 0.0622 e. The maximum absolute atomic E-state index is 2.65. The molecule has 5 aliphatic rings. The Labute approximate surface area is 305 Å². The fourth-order valence-electron chi connectivity index (χ4n) is 12.4. The van der Waals surface area contributed by atoms with Crippen LogP contribution in [-0.4, -0.2) is 0 Å². The number of hydrogen-bond donors (Lipinski definition) is 0. The molecule has 8 aromatic rings. The molecule has 0 heteroatoms. The summed E-state index contributed by atoms with van der Waals surface area (Å²) in [6.07, 6.45) is 7.12. The van der Waals surface area contributed by atoms with Crippen molar-refractivity contribution in [1.82, 2.24) is 0 Å². The van der Waals surface area contributed by atoms with E-state index in [-0.39, 0.29) is 5.41 Å². The van der Waals surface area contributed by atoms with Crippen LogP contribution in [0.2, 0.25) is 0 Å². The summed E-state index contributed by atoms with van der Waals surface area (Å²) in [4.78, 5) is 0. The van der Waals surface area contributed by atoms with Gasteiger partial charge in [0.05, 0.1) is 0 Å². The summed E-state index contributed by atoms with van der Waals surface area (Å²) in [5, 5.41) is 7.85. The van der Waals surface area contributed by atoms with Gasteiger partial charge in [0.25, 0.3) is 0 Å². The first-order valence-corrected chi connectivity index (χ1v) is 19.5. The molecule has 0 unspecified atom stereocenters. The molecule has 4 fully saturated rings. The molecule has 0 N–H and O–H groups in total. The minimum Gasteiger partial charge on any atom is -0.0622 e. The molecule has 13 rings (SSSR count). The van der Waals surface area contributed by atoms with Gasteiger partial charge in [-0.3, -0.25) is 0 Å². The Hall–Kier alpha value is -5.46. The molecule has 5 aliphatic carbocycles. The summed E-state index contributed by atoms with van der Waals surface area (Å²) >= 11 is 0. The van der Waals surface area contributed by atoms with E-state index in [9.17, 15) is 0 Å². The van der Waals surface area contributed by atoms with Crippen LogP contribution in [0.5, 0.6) is 0 Å². The van der Waals surface area contributed by atoms with Crippen LogP contribution in [0, 0.1) is 23.7 Å². The summed E-state index contributed by atoms with van der Waals surface area (Å²) < 4.78 is 0. The minimum atomic E-state index is 0.170. The third-order valence-corrected chi connectivity index (χ3v) is 14.1. The summed E-state index contributed by atoms with van der Waals surface area (Å²) in [6.45, 7) is 0. The van der Waals surface area contributed by atoms with Gasteiger partial charge in [-0.2, -0.15) is 0 Å². The third kappa shape index (κ3) is 3.83. The molecule has 52 heavy (non-hydrogen) atoms. The van der Waals surface area contributed by atoms with E-state index in [1.54, 1.807) is 11.1 Å². The van der Waals surface area contributed by atoms with Gasteiger partial charge in [-0.05, 0) is 150 Å². The quantitative estimate of drug-likeness (QED) is 0.165. The van der Waals surface area contributed by atoms with Crippen molar-refractivity contribution in [3.05, 3.63) is 169 Å². The van der Waals surface area contributed by atoms with Gasteiger partial charge in [-0.15, -0.1) is 0 Å². The van der Waals surface area contributed by atoms with E-state index in [1.807, 2.05) is 0 Å². The predicted molar refractivity (Wildman–Crippen MR) is 219 cm³/mol. The summed E-state index contributed by atoms with van der Waals surface area (Å²) in [5.74, 6) is 3.41. The van der Waals surface area contributed by atoms with Gasteiger partial charge in [-0.1, -0.05) is 152 Å². The molecule has 0 amide bonds. The fraction of sp³-hybridized carbons (Fsp3) is 0.192. The van der Waals surface area contributed by atoms with E-state index in [0.717, 1.165) is 23.7 Å². The van der Waals surface area contributed by atoms with E-state index in [0.29, 0.717) is 0 Å². The molecule has 8 aromatic carbocycles. The Morgan fingerprint density at radius 3 is 1.46 bits per heavy atom. The van der Waals surface area contributed by atoms with Crippen LogP contribution in [0.1, 0.15) is 43.2 Å². The second-order valence-electron chi connectivity index (χ2n) is 16.4. The van der Waals surface area contributed by atoms with Crippen molar-refractivity contribution in [2.45, 2.75) is 37.5 Å². The standard InChI is InChI=1S/C52H40/c1-2-12-34(13-3-1)50-43-17-6-8-19-45(43)51(46-20-9-7-18-44(46)50)47-25-24-38(39-14-4-5-15-40(39)47)35-22-23-42-41-16-10-11-21-48(41)52(49(42)31-35)36-27-32-26-33(29-36)30-37(52)28-32/h1-25,31-33,36-37H,26-30H2. The Kier molecular flexibility index (Phi) is 6.04. The van der Waals surface area contributed by atoms with Crippen LogP contribution < -0.4 is 0 Å². The lowest BCUT2D eigenvalue weighted by Gasteiger charge is -2.61. The van der Waals surface area contributed by atoms with E-state index in [4.69, 9.17) is 0 Å². The van der Waals surface area contributed by atoms with Crippen LogP contribution in [-0.2, 0) is 5.41 Å². The van der Waals surface area contributed by atoms with Gasteiger partial charge in [0.15, 0.2) is 0 Å². The number of hydrogen-bond acceptors (Lipinski definition) is 0. The van der Waals surface area contributed by atoms with Crippen molar-refractivity contribution in [3.8, 4) is 44.5 Å². The second-order valence-corrected chi connectivity index (χ2v) is 16.4. The Bertz CT molecular complexity index is 2660. The molecule has 0 heterocycles. The molecule has 0 atom stereocenters.